The third kappa shape index (κ3) is 7.68. The van der Waals surface area contributed by atoms with Crippen LogP contribution in [0.25, 0.3) is 0 Å². The molecule has 0 bridgehead atoms. The van der Waals surface area contributed by atoms with Crippen LogP contribution in [0.15, 0.2) is 36.4 Å². The van der Waals surface area contributed by atoms with Crippen molar-refractivity contribution < 1.29 is 9.63 Å². The van der Waals surface area contributed by atoms with E-state index in [0.29, 0.717) is 45.7 Å². The van der Waals surface area contributed by atoms with E-state index in [-0.39, 0.29) is 11.3 Å². The molecule has 0 saturated heterocycles. The Morgan fingerprint density at radius 3 is 2.42 bits per heavy atom. The molecule has 1 amide bonds. The van der Waals surface area contributed by atoms with Gasteiger partial charge in [0.05, 0.1) is 17.2 Å². The van der Waals surface area contributed by atoms with Crippen molar-refractivity contribution in [3.05, 3.63) is 63.1 Å². The van der Waals surface area contributed by atoms with Gasteiger partial charge in [-0.1, -0.05) is 56.1 Å². The van der Waals surface area contributed by atoms with Gasteiger partial charge < -0.3 is 15.5 Å². The number of aromatic nitrogens is 3. The highest BCUT2D eigenvalue weighted by molar-refractivity contribution is 6.42. The van der Waals surface area contributed by atoms with Gasteiger partial charge >= 0.3 is 0 Å². The van der Waals surface area contributed by atoms with Crippen molar-refractivity contribution in [3.63, 3.8) is 0 Å². The number of benzene rings is 2. The van der Waals surface area contributed by atoms with Crippen LogP contribution in [0.1, 0.15) is 42.3 Å². The van der Waals surface area contributed by atoms with Gasteiger partial charge in [0.15, 0.2) is 0 Å². The fraction of sp³-hybridized carbons (Fsp3) is 0.360. The summed E-state index contributed by atoms with van der Waals surface area (Å²) >= 11 is 12.2. The van der Waals surface area contributed by atoms with E-state index in [4.69, 9.17) is 28.0 Å². The molecule has 9 nitrogen and oxygen atoms in total. The third-order valence-electron chi connectivity index (χ3n) is 5.05. The Labute approximate surface area is 221 Å². The maximum Gasteiger partial charge on any atom is 0.274 e. The largest absolute Gasteiger partial charge is 0.350 e. The molecule has 3 rings (SSSR count). The summed E-state index contributed by atoms with van der Waals surface area (Å²) in [6.45, 7) is 9.54. The molecule has 0 spiro atoms. The summed E-state index contributed by atoms with van der Waals surface area (Å²) in [7, 11) is 3.33. The van der Waals surface area contributed by atoms with Crippen molar-refractivity contribution in [2.75, 3.05) is 36.2 Å². The zero-order valence-electron chi connectivity index (χ0n) is 21.2. The zero-order valence-corrected chi connectivity index (χ0v) is 22.8. The lowest BCUT2D eigenvalue weighted by molar-refractivity contribution is 0.0537. The molecule has 3 aromatic rings. The SMILES string of the molecule is CONC(=O)c1ccc(C)c(Nc2nc(NCc3ccc(Cl)c(Cl)c3)nc(N(C)CC(C)(C)C)n2)c1. The van der Waals surface area contributed by atoms with Crippen molar-refractivity contribution >= 4 is 52.6 Å². The molecule has 36 heavy (non-hydrogen) atoms. The van der Waals surface area contributed by atoms with E-state index < -0.39 is 0 Å². The first-order valence-electron chi connectivity index (χ1n) is 11.3. The van der Waals surface area contributed by atoms with E-state index in [9.17, 15) is 4.79 Å². The van der Waals surface area contributed by atoms with Crippen molar-refractivity contribution in [2.45, 2.75) is 34.2 Å². The second-order valence-corrected chi connectivity index (χ2v) is 10.4. The van der Waals surface area contributed by atoms with Gasteiger partial charge in [0.2, 0.25) is 17.8 Å². The van der Waals surface area contributed by atoms with E-state index >= 15 is 0 Å². The first-order chi connectivity index (χ1) is 16.9. The van der Waals surface area contributed by atoms with Crippen LogP contribution >= 0.6 is 23.2 Å². The number of hydrogen-bond acceptors (Lipinski definition) is 8. The van der Waals surface area contributed by atoms with Gasteiger partial charge in [-0.05, 0) is 47.7 Å². The van der Waals surface area contributed by atoms with Gasteiger partial charge in [0.25, 0.3) is 5.91 Å². The molecular weight excluding hydrogens is 501 g/mol. The minimum atomic E-state index is -0.356. The molecule has 192 valence electrons. The fourth-order valence-electron chi connectivity index (χ4n) is 3.45. The second kappa shape index (κ2) is 11.7. The number of rotatable bonds is 9. The average molecular weight is 532 g/mol. The summed E-state index contributed by atoms with van der Waals surface area (Å²) in [6.07, 6.45) is 0. The third-order valence-corrected chi connectivity index (χ3v) is 5.79. The van der Waals surface area contributed by atoms with E-state index in [1.807, 2.05) is 31.0 Å². The summed E-state index contributed by atoms with van der Waals surface area (Å²) < 4.78 is 0. The summed E-state index contributed by atoms with van der Waals surface area (Å²) in [5.74, 6) is 0.876. The van der Waals surface area contributed by atoms with E-state index in [1.165, 1.54) is 7.11 Å². The van der Waals surface area contributed by atoms with Gasteiger partial charge in [-0.2, -0.15) is 15.0 Å². The van der Waals surface area contributed by atoms with E-state index in [1.54, 1.807) is 24.3 Å². The Bertz CT molecular complexity index is 1230. The average Bonchev–Trinajstić information content (AvgIpc) is 2.80. The zero-order chi connectivity index (χ0) is 26.5. The highest BCUT2D eigenvalue weighted by Crippen LogP contribution is 2.25. The molecule has 0 radical (unpaired) electrons. The first-order valence-corrected chi connectivity index (χ1v) is 12.1. The minimum Gasteiger partial charge on any atom is -0.350 e. The lowest BCUT2D eigenvalue weighted by Gasteiger charge is -2.27. The normalized spacial score (nSPS) is 11.2. The smallest absolute Gasteiger partial charge is 0.274 e. The molecule has 1 heterocycles. The van der Waals surface area contributed by atoms with Gasteiger partial charge in [0.1, 0.15) is 0 Å². The van der Waals surface area contributed by atoms with E-state index in [2.05, 4.69) is 51.8 Å². The fourth-order valence-corrected chi connectivity index (χ4v) is 3.77. The number of aryl methyl sites for hydroxylation is 1. The van der Waals surface area contributed by atoms with Crippen LogP contribution in [0.4, 0.5) is 23.5 Å². The summed E-state index contributed by atoms with van der Waals surface area (Å²) in [4.78, 5) is 32.7. The van der Waals surface area contributed by atoms with Crippen molar-refractivity contribution in [1.29, 1.82) is 0 Å². The molecule has 1 aromatic heterocycles. The molecule has 0 unspecified atom stereocenters. The first kappa shape index (κ1) is 27.4. The van der Waals surface area contributed by atoms with Crippen LogP contribution in [0.5, 0.6) is 0 Å². The molecule has 0 fully saturated rings. The minimum absolute atomic E-state index is 0.0300. The molecule has 0 aliphatic rings. The van der Waals surface area contributed by atoms with Crippen LogP contribution in [-0.2, 0) is 11.4 Å². The molecule has 3 N–H and O–H groups in total. The lowest BCUT2D eigenvalue weighted by atomic mass is 9.96. The van der Waals surface area contributed by atoms with Crippen LogP contribution in [-0.4, -0.2) is 41.6 Å². The van der Waals surface area contributed by atoms with Gasteiger partial charge in [0, 0.05) is 31.4 Å². The number of carbonyl (C=O) groups is 1. The number of nitrogens with zero attached hydrogens (tertiary/aromatic N) is 4. The lowest BCUT2D eigenvalue weighted by Crippen LogP contribution is -2.31. The molecule has 0 saturated carbocycles. The van der Waals surface area contributed by atoms with Gasteiger partial charge in [-0.15, -0.1) is 0 Å². The predicted molar refractivity (Wildman–Crippen MR) is 145 cm³/mol. The maximum atomic E-state index is 12.2. The molecule has 0 atom stereocenters. The Hall–Kier alpha value is -3.14. The second-order valence-electron chi connectivity index (χ2n) is 9.59. The molecular formula is C25H31Cl2N7O2. The van der Waals surface area contributed by atoms with Crippen LogP contribution in [0.3, 0.4) is 0 Å². The van der Waals surface area contributed by atoms with Gasteiger partial charge in [-0.3, -0.25) is 9.63 Å². The van der Waals surface area contributed by atoms with Crippen molar-refractivity contribution in [1.82, 2.24) is 20.4 Å². The maximum absolute atomic E-state index is 12.2. The standard InChI is InChI=1S/C25H31Cl2N7O2/c1-15-7-9-17(21(35)33-36-6)12-20(15)29-23-30-22(28-13-16-8-10-18(26)19(27)11-16)31-24(32-23)34(5)14-25(2,3)4/h7-12H,13-14H2,1-6H3,(H,33,35)(H2,28,29,30,31,32). The number of hydroxylamine groups is 1. The molecule has 11 heteroatoms. The molecule has 2 aromatic carbocycles. The highest BCUT2D eigenvalue weighted by atomic mass is 35.5. The number of anilines is 4. The molecule has 0 aliphatic carbocycles. The quantitative estimate of drug-likeness (QED) is 0.305. The van der Waals surface area contributed by atoms with Crippen molar-refractivity contribution in [2.24, 2.45) is 5.41 Å². The Kier molecular flexibility index (Phi) is 8.94. The number of hydrogen-bond donors (Lipinski definition) is 3. The predicted octanol–water partition coefficient (Wildman–Crippen LogP) is 5.62. The van der Waals surface area contributed by atoms with E-state index in [0.717, 1.165) is 17.7 Å². The summed E-state index contributed by atoms with van der Waals surface area (Å²) in [5.41, 5.74) is 5.32. The van der Waals surface area contributed by atoms with Crippen LogP contribution in [0, 0.1) is 12.3 Å². The monoisotopic (exact) mass is 531 g/mol. The number of nitrogens with one attached hydrogen (secondary N) is 3. The Morgan fingerprint density at radius 2 is 1.75 bits per heavy atom. The highest BCUT2D eigenvalue weighted by Gasteiger charge is 2.18. The summed E-state index contributed by atoms with van der Waals surface area (Å²) in [5, 5.41) is 7.45. The Morgan fingerprint density at radius 1 is 1.03 bits per heavy atom. The van der Waals surface area contributed by atoms with Crippen LogP contribution in [0.2, 0.25) is 10.0 Å². The number of amides is 1. The number of halogens is 2. The summed E-state index contributed by atoms with van der Waals surface area (Å²) in [6, 6.07) is 10.7. The van der Waals surface area contributed by atoms with Crippen LogP contribution < -0.4 is 21.0 Å². The topological polar surface area (TPSA) is 104 Å². The molecule has 0 aliphatic heterocycles. The number of carbonyl (C=O) groups excluding carboxylic acids is 1. The van der Waals surface area contributed by atoms with Crippen molar-refractivity contribution in [3.8, 4) is 0 Å². The Balaban J connectivity index is 1.92. The van der Waals surface area contributed by atoms with Gasteiger partial charge in [-0.25, -0.2) is 5.48 Å².